The SMILES string of the molecule is COCCCn1c(C(=O)Nc2cccc(C(C)=O)c2)cc2c(=O)n(C)c(=O)n(C)c21. The van der Waals surface area contributed by atoms with Gasteiger partial charge < -0.3 is 14.6 Å². The molecular formula is C21H24N4O5. The van der Waals surface area contributed by atoms with Crippen molar-refractivity contribution in [1.29, 1.82) is 0 Å². The number of carbonyl (C=O) groups is 2. The fourth-order valence-electron chi connectivity index (χ4n) is 3.43. The predicted molar refractivity (Wildman–Crippen MR) is 113 cm³/mol. The highest BCUT2D eigenvalue weighted by molar-refractivity contribution is 6.06. The fraction of sp³-hybridized carbons (Fsp3) is 0.333. The summed E-state index contributed by atoms with van der Waals surface area (Å²) in [4.78, 5) is 49.7. The van der Waals surface area contributed by atoms with Crippen LogP contribution in [0, 0.1) is 0 Å². The molecule has 158 valence electrons. The Hall–Kier alpha value is -3.46. The van der Waals surface area contributed by atoms with Crippen LogP contribution in [0.4, 0.5) is 5.69 Å². The highest BCUT2D eigenvalue weighted by Gasteiger charge is 2.21. The Balaban J connectivity index is 2.12. The van der Waals surface area contributed by atoms with Gasteiger partial charge in [0.05, 0.1) is 5.39 Å². The van der Waals surface area contributed by atoms with E-state index in [0.717, 1.165) is 4.57 Å². The van der Waals surface area contributed by atoms with E-state index in [1.807, 2.05) is 0 Å². The van der Waals surface area contributed by atoms with Gasteiger partial charge in [-0.05, 0) is 31.5 Å². The first-order chi connectivity index (χ1) is 14.3. The number of aryl methyl sites for hydroxylation is 2. The number of nitrogens with zero attached hydrogens (tertiary/aromatic N) is 3. The molecule has 0 unspecified atom stereocenters. The number of fused-ring (bicyclic) bond motifs is 1. The molecule has 0 radical (unpaired) electrons. The van der Waals surface area contributed by atoms with Crippen LogP contribution in [0.2, 0.25) is 0 Å². The van der Waals surface area contributed by atoms with Crippen molar-refractivity contribution in [2.45, 2.75) is 19.9 Å². The van der Waals surface area contributed by atoms with Crippen molar-refractivity contribution < 1.29 is 14.3 Å². The molecule has 3 aromatic rings. The quantitative estimate of drug-likeness (QED) is 0.468. The molecule has 0 saturated carbocycles. The molecule has 0 aliphatic heterocycles. The number of ketones is 1. The van der Waals surface area contributed by atoms with Gasteiger partial charge in [0, 0.05) is 45.6 Å². The summed E-state index contributed by atoms with van der Waals surface area (Å²) in [7, 11) is 4.54. The third kappa shape index (κ3) is 3.84. The van der Waals surface area contributed by atoms with Gasteiger partial charge >= 0.3 is 5.69 Å². The molecule has 2 heterocycles. The molecule has 0 aliphatic rings. The molecule has 0 atom stereocenters. The lowest BCUT2D eigenvalue weighted by atomic mass is 10.1. The summed E-state index contributed by atoms with van der Waals surface area (Å²) in [5.41, 5.74) is 0.619. The van der Waals surface area contributed by atoms with Gasteiger partial charge in [-0.15, -0.1) is 0 Å². The molecule has 0 spiro atoms. The van der Waals surface area contributed by atoms with E-state index in [0.29, 0.717) is 36.5 Å². The average molecular weight is 412 g/mol. The molecule has 0 bridgehead atoms. The number of anilines is 1. The summed E-state index contributed by atoms with van der Waals surface area (Å²) in [6.07, 6.45) is 0.587. The Labute approximate surface area is 172 Å². The second-order valence-electron chi connectivity index (χ2n) is 7.06. The zero-order chi connectivity index (χ0) is 22.0. The molecule has 0 aliphatic carbocycles. The van der Waals surface area contributed by atoms with Gasteiger partial charge in [0.2, 0.25) is 0 Å². The van der Waals surface area contributed by atoms with Crippen LogP contribution in [0.5, 0.6) is 0 Å². The van der Waals surface area contributed by atoms with Gasteiger partial charge in [-0.25, -0.2) is 4.79 Å². The molecule has 1 N–H and O–H groups in total. The number of aromatic nitrogens is 3. The van der Waals surface area contributed by atoms with E-state index in [2.05, 4.69) is 5.32 Å². The lowest BCUT2D eigenvalue weighted by molar-refractivity contribution is 0.100. The van der Waals surface area contributed by atoms with E-state index in [1.165, 1.54) is 24.6 Å². The van der Waals surface area contributed by atoms with E-state index in [-0.39, 0.29) is 16.9 Å². The first-order valence-electron chi connectivity index (χ1n) is 9.46. The molecular weight excluding hydrogens is 388 g/mol. The van der Waals surface area contributed by atoms with Crippen LogP contribution in [-0.2, 0) is 25.4 Å². The van der Waals surface area contributed by atoms with E-state index >= 15 is 0 Å². The molecule has 1 aromatic carbocycles. The van der Waals surface area contributed by atoms with Crippen LogP contribution in [0.25, 0.3) is 11.0 Å². The van der Waals surface area contributed by atoms with Crippen LogP contribution < -0.4 is 16.6 Å². The van der Waals surface area contributed by atoms with Crippen molar-refractivity contribution in [3.8, 4) is 0 Å². The normalized spacial score (nSPS) is 11.1. The van der Waals surface area contributed by atoms with Crippen LogP contribution in [0.15, 0.2) is 39.9 Å². The molecule has 2 aromatic heterocycles. The lowest BCUT2D eigenvalue weighted by Gasteiger charge is -2.13. The Kier molecular flexibility index (Phi) is 6.02. The van der Waals surface area contributed by atoms with Gasteiger partial charge in [0.25, 0.3) is 11.5 Å². The minimum Gasteiger partial charge on any atom is -0.385 e. The second kappa shape index (κ2) is 8.50. The van der Waals surface area contributed by atoms with Crippen molar-refractivity contribution >= 4 is 28.4 Å². The Morgan fingerprint density at radius 1 is 1.10 bits per heavy atom. The number of hydrogen-bond donors (Lipinski definition) is 1. The van der Waals surface area contributed by atoms with Crippen LogP contribution in [-0.4, -0.2) is 39.1 Å². The van der Waals surface area contributed by atoms with E-state index in [4.69, 9.17) is 4.74 Å². The second-order valence-corrected chi connectivity index (χ2v) is 7.06. The highest BCUT2D eigenvalue weighted by atomic mass is 16.5. The van der Waals surface area contributed by atoms with E-state index in [1.54, 1.807) is 43.0 Å². The number of benzene rings is 1. The summed E-state index contributed by atoms with van der Waals surface area (Å²) < 4.78 is 9.13. The molecule has 3 rings (SSSR count). The number of hydrogen-bond acceptors (Lipinski definition) is 5. The summed E-state index contributed by atoms with van der Waals surface area (Å²) in [5, 5.41) is 3.05. The molecule has 0 fully saturated rings. The first-order valence-corrected chi connectivity index (χ1v) is 9.46. The number of ether oxygens (including phenoxy) is 1. The van der Waals surface area contributed by atoms with E-state index in [9.17, 15) is 19.2 Å². The summed E-state index contributed by atoms with van der Waals surface area (Å²) in [5.74, 6) is -0.558. The van der Waals surface area contributed by atoms with Crippen molar-refractivity contribution in [3.63, 3.8) is 0 Å². The maximum absolute atomic E-state index is 13.1. The van der Waals surface area contributed by atoms with Crippen molar-refractivity contribution in [1.82, 2.24) is 13.7 Å². The number of rotatable bonds is 7. The highest BCUT2D eigenvalue weighted by Crippen LogP contribution is 2.19. The van der Waals surface area contributed by atoms with Crippen molar-refractivity contribution in [3.05, 3.63) is 62.4 Å². The number of nitrogens with one attached hydrogen (secondary N) is 1. The van der Waals surface area contributed by atoms with Crippen molar-refractivity contribution in [2.24, 2.45) is 14.1 Å². The monoisotopic (exact) mass is 412 g/mol. The van der Waals surface area contributed by atoms with Crippen LogP contribution >= 0.6 is 0 Å². The molecule has 30 heavy (non-hydrogen) atoms. The average Bonchev–Trinajstić information content (AvgIpc) is 3.11. The lowest BCUT2D eigenvalue weighted by Crippen LogP contribution is -2.37. The molecule has 9 heteroatoms. The fourth-order valence-corrected chi connectivity index (χ4v) is 3.43. The molecule has 9 nitrogen and oxygen atoms in total. The van der Waals surface area contributed by atoms with Gasteiger partial charge in [-0.1, -0.05) is 12.1 Å². The smallest absolute Gasteiger partial charge is 0.332 e. The summed E-state index contributed by atoms with van der Waals surface area (Å²) in [6, 6.07) is 8.11. The zero-order valence-electron chi connectivity index (χ0n) is 17.4. The first kappa shape index (κ1) is 21.3. The van der Waals surface area contributed by atoms with Gasteiger partial charge in [0.15, 0.2) is 5.78 Å². The predicted octanol–water partition coefficient (Wildman–Crippen LogP) is 1.53. The summed E-state index contributed by atoms with van der Waals surface area (Å²) in [6.45, 7) is 2.29. The topological polar surface area (TPSA) is 104 Å². The minimum atomic E-state index is -0.472. The molecule has 1 amide bonds. The third-order valence-electron chi connectivity index (χ3n) is 4.98. The number of Topliss-reactive ketones (excluding diaryl/α,β-unsaturated/α-hetero) is 1. The Bertz CT molecular complexity index is 1250. The number of carbonyl (C=O) groups excluding carboxylic acids is 2. The van der Waals surface area contributed by atoms with Crippen LogP contribution in [0.3, 0.4) is 0 Å². The van der Waals surface area contributed by atoms with Gasteiger partial charge in [-0.3, -0.25) is 23.5 Å². The Morgan fingerprint density at radius 2 is 1.83 bits per heavy atom. The number of methoxy groups -OCH3 is 1. The van der Waals surface area contributed by atoms with Crippen LogP contribution in [0.1, 0.15) is 34.2 Å². The third-order valence-corrected chi connectivity index (χ3v) is 4.98. The van der Waals surface area contributed by atoms with Crippen molar-refractivity contribution in [2.75, 3.05) is 19.0 Å². The largest absolute Gasteiger partial charge is 0.385 e. The Morgan fingerprint density at radius 3 is 2.50 bits per heavy atom. The van der Waals surface area contributed by atoms with Gasteiger partial charge in [0.1, 0.15) is 11.3 Å². The van der Waals surface area contributed by atoms with Gasteiger partial charge in [-0.2, -0.15) is 0 Å². The maximum atomic E-state index is 13.1. The standard InChI is InChI=1S/C21H24N4O5/c1-13(26)14-7-5-8-15(11-14)22-18(27)17-12-16-19(25(17)9-6-10-30-4)23(2)21(29)24(3)20(16)28/h5,7-8,11-12H,6,9-10H2,1-4H3,(H,22,27). The minimum absolute atomic E-state index is 0.113. The van der Waals surface area contributed by atoms with E-state index < -0.39 is 17.2 Å². The number of amides is 1. The maximum Gasteiger partial charge on any atom is 0.332 e. The summed E-state index contributed by atoms with van der Waals surface area (Å²) >= 11 is 0. The zero-order valence-corrected chi connectivity index (χ0v) is 17.4. The molecule has 0 saturated heterocycles.